The van der Waals surface area contributed by atoms with Crippen LogP contribution < -0.4 is 5.73 Å². The first-order valence-corrected chi connectivity index (χ1v) is 6.09. The SMILES string of the molecule is CN=C/C(=C\N)c1ccc(CC(C)C)cc1Cl. The molecule has 0 saturated heterocycles. The fourth-order valence-electron chi connectivity index (χ4n) is 1.73. The van der Waals surface area contributed by atoms with Crippen molar-refractivity contribution in [2.75, 3.05) is 7.05 Å². The first kappa shape index (κ1) is 13.8. The molecule has 1 aromatic rings. The van der Waals surface area contributed by atoms with E-state index in [0.717, 1.165) is 22.6 Å². The minimum Gasteiger partial charge on any atom is -0.404 e. The van der Waals surface area contributed by atoms with Crippen LogP contribution in [0.1, 0.15) is 25.0 Å². The molecule has 0 aliphatic heterocycles. The summed E-state index contributed by atoms with van der Waals surface area (Å²) < 4.78 is 0. The van der Waals surface area contributed by atoms with Gasteiger partial charge in [0.2, 0.25) is 0 Å². The van der Waals surface area contributed by atoms with Crippen molar-refractivity contribution in [2.24, 2.45) is 16.6 Å². The maximum absolute atomic E-state index is 6.26. The van der Waals surface area contributed by atoms with Crippen molar-refractivity contribution >= 4 is 23.4 Å². The lowest BCUT2D eigenvalue weighted by atomic mass is 9.99. The van der Waals surface area contributed by atoms with Crippen molar-refractivity contribution in [3.05, 3.63) is 40.5 Å². The third-order valence-corrected chi connectivity index (χ3v) is 2.75. The molecule has 0 spiro atoms. The molecule has 0 unspecified atom stereocenters. The Labute approximate surface area is 108 Å². The molecule has 0 heterocycles. The van der Waals surface area contributed by atoms with Gasteiger partial charge in [-0.3, -0.25) is 4.99 Å². The number of hydrogen-bond donors (Lipinski definition) is 1. The van der Waals surface area contributed by atoms with Gasteiger partial charge in [0.05, 0.1) is 0 Å². The molecule has 0 saturated carbocycles. The van der Waals surface area contributed by atoms with E-state index in [9.17, 15) is 0 Å². The highest BCUT2D eigenvalue weighted by atomic mass is 35.5. The molecule has 2 N–H and O–H groups in total. The molecule has 0 atom stereocenters. The summed E-state index contributed by atoms with van der Waals surface area (Å²) in [6, 6.07) is 6.10. The van der Waals surface area contributed by atoms with Crippen molar-refractivity contribution in [2.45, 2.75) is 20.3 Å². The third kappa shape index (κ3) is 3.90. The Bertz CT molecular complexity index is 434. The first-order chi connectivity index (χ1) is 8.08. The molecule has 17 heavy (non-hydrogen) atoms. The van der Waals surface area contributed by atoms with Gasteiger partial charge in [0.15, 0.2) is 0 Å². The van der Waals surface area contributed by atoms with Crippen LogP contribution in [0, 0.1) is 5.92 Å². The molecule has 1 aromatic carbocycles. The topological polar surface area (TPSA) is 38.4 Å². The van der Waals surface area contributed by atoms with Crippen LogP contribution in [0.3, 0.4) is 0 Å². The summed E-state index contributed by atoms with van der Waals surface area (Å²) >= 11 is 6.26. The van der Waals surface area contributed by atoms with Gasteiger partial charge in [-0.2, -0.15) is 0 Å². The molecule has 0 aromatic heterocycles. The summed E-state index contributed by atoms with van der Waals surface area (Å²) in [5.41, 5.74) is 8.58. The maximum atomic E-state index is 6.26. The van der Waals surface area contributed by atoms with Crippen molar-refractivity contribution in [1.29, 1.82) is 0 Å². The minimum absolute atomic E-state index is 0.624. The summed E-state index contributed by atoms with van der Waals surface area (Å²) in [5.74, 6) is 0.624. The van der Waals surface area contributed by atoms with E-state index < -0.39 is 0 Å². The number of halogens is 1. The van der Waals surface area contributed by atoms with Gasteiger partial charge < -0.3 is 5.73 Å². The third-order valence-electron chi connectivity index (χ3n) is 2.44. The second-order valence-electron chi connectivity index (χ2n) is 4.42. The summed E-state index contributed by atoms with van der Waals surface area (Å²) in [5, 5.41) is 0.722. The summed E-state index contributed by atoms with van der Waals surface area (Å²) in [6.45, 7) is 4.38. The lowest BCUT2D eigenvalue weighted by Gasteiger charge is -2.09. The standard InChI is InChI=1S/C14H19ClN2/c1-10(2)6-11-4-5-13(14(15)7-11)12(8-16)9-17-3/h4-5,7-10H,6,16H2,1-3H3/b12-8+,17-9?. The fourth-order valence-corrected chi connectivity index (χ4v) is 2.04. The van der Waals surface area contributed by atoms with Crippen LogP contribution >= 0.6 is 11.6 Å². The van der Waals surface area contributed by atoms with Gasteiger partial charge in [-0.1, -0.05) is 37.6 Å². The molecule has 0 fully saturated rings. The number of rotatable bonds is 4. The van der Waals surface area contributed by atoms with Crippen molar-refractivity contribution in [3.8, 4) is 0 Å². The Morgan fingerprint density at radius 2 is 2.18 bits per heavy atom. The van der Waals surface area contributed by atoms with Gasteiger partial charge in [0.1, 0.15) is 0 Å². The Morgan fingerprint density at radius 1 is 1.47 bits per heavy atom. The number of benzene rings is 1. The van der Waals surface area contributed by atoms with Gasteiger partial charge in [-0.15, -0.1) is 0 Å². The monoisotopic (exact) mass is 250 g/mol. The minimum atomic E-state index is 0.624. The van der Waals surface area contributed by atoms with Crippen LogP contribution in [-0.2, 0) is 6.42 Å². The molecule has 0 bridgehead atoms. The maximum Gasteiger partial charge on any atom is 0.0488 e. The number of hydrogen-bond acceptors (Lipinski definition) is 2. The zero-order valence-electron chi connectivity index (χ0n) is 10.6. The van der Waals surface area contributed by atoms with Crippen molar-refractivity contribution in [3.63, 3.8) is 0 Å². The fraction of sp³-hybridized carbons (Fsp3) is 0.357. The largest absolute Gasteiger partial charge is 0.404 e. The average molecular weight is 251 g/mol. The quantitative estimate of drug-likeness (QED) is 0.816. The Morgan fingerprint density at radius 3 is 2.65 bits per heavy atom. The lowest BCUT2D eigenvalue weighted by Crippen LogP contribution is -1.97. The number of nitrogens with two attached hydrogens (primary N) is 1. The molecule has 2 nitrogen and oxygen atoms in total. The van der Waals surface area contributed by atoms with E-state index in [0.29, 0.717) is 5.92 Å². The van der Waals surface area contributed by atoms with E-state index in [-0.39, 0.29) is 0 Å². The van der Waals surface area contributed by atoms with E-state index in [1.165, 1.54) is 11.8 Å². The number of allylic oxidation sites excluding steroid dienone is 1. The van der Waals surface area contributed by atoms with Crippen LogP contribution in [0.15, 0.2) is 29.4 Å². The second-order valence-corrected chi connectivity index (χ2v) is 4.83. The Kier molecular flexibility index (Phi) is 5.23. The average Bonchev–Trinajstić information content (AvgIpc) is 2.26. The van der Waals surface area contributed by atoms with Gasteiger partial charge in [0.25, 0.3) is 0 Å². The zero-order chi connectivity index (χ0) is 12.8. The van der Waals surface area contributed by atoms with Gasteiger partial charge in [-0.05, 0) is 24.0 Å². The summed E-state index contributed by atoms with van der Waals surface area (Å²) in [4.78, 5) is 3.96. The summed E-state index contributed by atoms with van der Waals surface area (Å²) in [7, 11) is 1.71. The highest BCUT2D eigenvalue weighted by Crippen LogP contribution is 2.24. The molecule has 0 aliphatic rings. The smallest absolute Gasteiger partial charge is 0.0488 e. The molecule has 0 amide bonds. The second kappa shape index (κ2) is 6.45. The zero-order valence-corrected chi connectivity index (χ0v) is 11.3. The van der Waals surface area contributed by atoms with Gasteiger partial charge in [0, 0.05) is 35.6 Å². The molecular weight excluding hydrogens is 232 g/mol. The predicted octanol–water partition coefficient (Wildman–Crippen LogP) is 3.54. The van der Waals surface area contributed by atoms with Crippen LogP contribution in [0.5, 0.6) is 0 Å². The number of nitrogens with zero attached hydrogens (tertiary/aromatic N) is 1. The summed E-state index contributed by atoms with van der Waals surface area (Å²) in [6.07, 6.45) is 4.27. The Balaban J connectivity index is 3.04. The predicted molar refractivity (Wildman–Crippen MR) is 76.6 cm³/mol. The van der Waals surface area contributed by atoms with Crippen LogP contribution in [0.25, 0.3) is 5.57 Å². The molecule has 3 heteroatoms. The number of aliphatic imine (C=N–C) groups is 1. The van der Waals surface area contributed by atoms with E-state index in [4.69, 9.17) is 17.3 Å². The molecule has 92 valence electrons. The van der Waals surface area contributed by atoms with Crippen LogP contribution in [-0.4, -0.2) is 13.3 Å². The highest BCUT2D eigenvalue weighted by molar-refractivity contribution is 6.33. The van der Waals surface area contributed by atoms with Crippen molar-refractivity contribution < 1.29 is 0 Å². The molecule has 1 rings (SSSR count). The molecule has 0 aliphatic carbocycles. The normalized spacial score (nSPS) is 12.6. The van der Waals surface area contributed by atoms with E-state index in [1.54, 1.807) is 13.3 Å². The molecule has 0 radical (unpaired) electrons. The lowest BCUT2D eigenvalue weighted by molar-refractivity contribution is 0.647. The van der Waals surface area contributed by atoms with Crippen molar-refractivity contribution in [1.82, 2.24) is 0 Å². The van der Waals surface area contributed by atoms with Gasteiger partial charge in [-0.25, -0.2) is 0 Å². The van der Waals surface area contributed by atoms with E-state index in [1.807, 2.05) is 12.1 Å². The van der Waals surface area contributed by atoms with E-state index >= 15 is 0 Å². The van der Waals surface area contributed by atoms with Gasteiger partial charge >= 0.3 is 0 Å². The van der Waals surface area contributed by atoms with Crippen LogP contribution in [0.2, 0.25) is 5.02 Å². The molecular formula is C14H19ClN2. The van der Waals surface area contributed by atoms with E-state index in [2.05, 4.69) is 24.9 Å². The Hall–Kier alpha value is -1.28. The highest BCUT2D eigenvalue weighted by Gasteiger charge is 2.06. The van der Waals surface area contributed by atoms with Crippen LogP contribution in [0.4, 0.5) is 0 Å². The first-order valence-electron chi connectivity index (χ1n) is 5.71.